The van der Waals surface area contributed by atoms with E-state index in [0.29, 0.717) is 6.42 Å². The van der Waals surface area contributed by atoms with E-state index >= 15 is 0 Å². The number of carbonyl (C=O) groups excluding carboxylic acids is 1. The van der Waals surface area contributed by atoms with Gasteiger partial charge in [0.2, 0.25) is 0 Å². The second kappa shape index (κ2) is 6.55. The van der Waals surface area contributed by atoms with Crippen LogP contribution in [0.4, 0.5) is 0 Å². The topological polar surface area (TPSA) is 60.4 Å². The molecule has 2 atom stereocenters. The Bertz CT molecular complexity index is 391. The molecular formula is C15H21O3-. The number of allylic oxidation sites excluding steroid dienone is 3. The maximum absolute atomic E-state index is 10.9. The lowest BCUT2D eigenvalue weighted by Gasteiger charge is -2.25. The quantitative estimate of drug-likeness (QED) is 0.599. The van der Waals surface area contributed by atoms with Gasteiger partial charge < -0.3 is 15.0 Å². The standard InChI is InChI=1S/C15H22O3/c1-10-5-4-6-11(2)9-14(16)13(8-7-10)12(3)15(17)18/h5,9,13-14,16H,3-4,6-8H2,1-2H3,(H,17,18)/p-1/b10-5+,11-9+/t13-,14+/m0/s1. The Morgan fingerprint density at radius 1 is 1.39 bits per heavy atom. The Morgan fingerprint density at radius 3 is 2.67 bits per heavy atom. The van der Waals surface area contributed by atoms with Crippen LogP contribution in [0.1, 0.15) is 39.5 Å². The molecule has 0 heterocycles. The highest BCUT2D eigenvalue weighted by Crippen LogP contribution is 2.26. The van der Waals surface area contributed by atoms with Gasteiger partial charge in [-0.1, -0.05) is 29.9 Å². The zero-order valence-electron chi connectivity index (χ0n) is 11.1. The lowest BCUT2D eigenvalue weighted by Crippen LogP contribution is -2.32. The average Bonchev–Trinajstić information content (AvgIpc) is 2.27. The van der Waals surface area contributed by atoms with Gasteiger partial charge in [-0.2, -0.15) is 0 Å². The molecule has 0 saturated carbocycles. The number of carboxylic acids is 1. The maximum Gasteiger partial charge on any atom is 0.0792 e. The minimum Gasteiger partial charge on any atom is -0.545 e. The first-order chi connectivity index (χ1) is 8.41. The molecule has 0 saturated heterocycles. The van der Waals surface area contributed by atoms with Gasteiger partial charge >= 0.3 is 0 Å². The summed E-state index contributed by atoms with van der Waals surface area (Å²) in [4.78, 5) is 10.9. The Morgan fingerprint density at radius 2 is 2.06 bits per heavy atom. The molecule has 0 amide bonds. The number of hydrogen-bond donors (Lipinski definition) is 1. The van der Waals surface area contributed by atoms with E-state index in [1.165, 1.54) is 5.57 Å². The molecule has 0 spiro atoms. The summed E-state index contributed by atoms with van der Waals surface area (Å²) in [5.74, 6) is -1.74. The highest BCUT2D eigenvalue weighted by Gasteiger charge is 2.21. The zero-order valence-corrected chi connectivity index (χ0v) is 11.1. The first-order valence-corrected chi connectivity index (χ1v) is 6.33. The van der Waals surface area contributed by atoms with Crippen LogP contribution in [0, 0.1) is 5.92 Å². The molecule has 1 aliphatic carbocycles. The highest BCUT2D eigenvalue weighted by atomic mass is 16.4. The van der Waals surface area contributed by atoms with E-state index in [1.807, 2.05) is 13.8 Å². The number of hydrogen-bond acceptors (Lipinski definition) is 3. The van der Waals surface area contributed by atoms with E-state index in [4.69, 9.17) is 0 Å². The van der Waals surface area contributed by atoms with Crippen molar-refractivity contribution >= 4 is 5.97 Å². The van der Waals surface area contributed by atoms with Gasteiger partial charge in [-0.3, -0.25) is 0 Å². The summed E-state index contributed by atoms with van der Waals surface area (Å²) in [6.07, 6.45) is 6.34. The molecule has 0 aliphatic heterocycles. The molecule has 0 unspecified atom stereocenters. The molecule has 0 fully saturated rings. The van der Waals surface area contributed by atoms with Gasteiger partial charge in [0, 0.05) is 5.92 Å². The van der Waals surface area contributed by atoms with Crippen LogP contribution in [0.15, 0.2) is 35.5 Å². The van der Waals surface area contributed by atoms with Crippen LogP contribution in [0.25, 0.3) is 0 Å². The molecule has 18 heavy (non-hydrogen) atoms. The molecule has 1 aliphatic rings. The molecule has 0 aromatic carbocycles. The molecule has 0 aromatic heterocycles. The third kappa shape index (κ3) is 4.15. The van der Waals surface area contributed by atoms with Gasteiger partial charge in [-0.05, 0) is 45.1 Å². The van der Waals surface area contributed by atoms with Gasteiger partial charge in [0.1, 0.15) is 0 Å². The fourth-order valence-corrected chi connectivity index (χ4v) is 2.22. The molecule has 3 heteroatoms. The third-order valence-electron chi connectivity index (χ3n) is 3.46. The summed E-state index contributed by atoms with van der Waals surface area (Å²) in [6, 6.07) is 0. The Kier molecular flexibility index (Phi) is 5.35. The van der Waals surface area contributed by atoms with Crippen molar-refractivity contribution in [1.82, 2.24) is 0 Å². The van der Waals surface area contributed by atoms with E-state index in [9.17, 15) is 15.0 Å². The zero-order chi connectivity index (χ0) is 13.7. The van der Waals surface area contributed by atoms with E-state index < -0.39 is 18.0 Å². The van der Waals surface area contributed by atoms with Crippen LogP contribution < -0.4 is 5.11 Å². The molecule has 3 nitrogen and oxygen atoms in total. The number of aliphatic hydroxyl groups excluding tert-OH is 1. The molecule has 100 valence electrons. The maximum atomic E-state index is 10.9. The predicted octanol–water partition coefficient (Wildman–Crippen LogP) is 1.74. The van der Waals surface area contributed by atoms with Crippen molar-refractivity contribution in [3.8, 4) is 0 Å². The van der Waals surface area contributed by atoms with Crippen molar-refractivity contribution in [2.24, 2.45) is 5.92 Å². The fraction of sp³-hybridized carbons (Fsp3) is 0.533. The van der Waals surface area contributed by atoms with Crippen molar-refractivity contribution in [3.05, 3.63) is 35.5 Å². The van der Waals surface area contributed by atoms with Crippen LogP contribution in [-0.4, -0.2) is 17.2 Å². The van der Waals surface area contributed by atoms with Crippen LogP contribution >= 0.6 is 0 Å². The summed E-state index contributed by atoms with van der Waals surface area (Å²) in [5, 5.41) is 21.0. The van der Waals surface area contributed by atoms with Crippen molar-refractivity contribution in [3.63, 3.8) is 0 Å². The molecule has 0 bridgehead atoms. The number of rotatable bonds is 2. The van der Waals surface area contributed by atoms with Crippen LogP contribution in [0.3, 0.4) is 0 Å². The predicted molar refractivity (Wildman–Crippen MR) is 69.6 cm³/mol. The van der Waals surface area contributed by atoms with Gasteiger partial charge in [-0.15, -0.1) is 0 Å². The third-order valence-corrected chi connectivity index (χ3v) is 3.46. The van der Waals surface area contributed by atoms with Crippen molar-refractivity contribution < 1.29 is 15.0 Å². The van der Waals surface area contributed by atoms with Crippen molar-refractivity contribution in [2.45, 2.75) is 45.6 Å². The molecule has 0 radical (unpaired) electrons. The number of carboxylic acid groups (broad SMARTS) is 1. The van der Waals surface area contributed by atoms with Gasteiger partial charge in [0.05, 0.1) is 12.1 Å². The summed E-state index contributed by atoms with van der Waals surface area (Å²) in [6.45, 7) is 7.52. The van der Waals surface area contributed by atoms with E-state index in [2.05, 4.69) is 12.7 Å². The van der Waals surface area contributed by atoms with Crippen LogP contribution in [0.5, 0.6) is 0 Å². The second-order valence-electron chi connectivity index (χ2n) is 5.05. The lowest BCUT2D eigenvalue weighted by atomic mass is 9.86. The Hall–Kier alpha value is -1.35. The van der Waals surface area contributed by atoms with Crippen molar-refractivity contribution in [1.29, 1.82) is 0 Å². The average molecular weight is 249 g/mol. The summed E-state index contributed by atoms with van der Waals surface area (Å²) < 4.78 is 0. The van der Waals surface area contributed by atoms with E-state index in [-0.39, 0.29) is 5.57 Å². The number of aliphatic hydroxyl groups is 1. The summed E-state index contributed by atoms with van der Waals surface area (Å²) >= 11 is 0. The SMILES string of the molecule is C=C(C(=O)[O-])[C@@H]1CC/C(C)=C/CC/C(C)=C/[C@H]1O. The van der Waals surface area contributed by atoms with Gasteiger partial charge in [0.25, 0.3) is 0 Å². The van der Waals surface area contributed by atoms with Gasteiger partial charge in [-0.25, -0.2) is 0 Å². The van der Waals surface area contributed by atoms with E-state index in [1.54, 1.807) is 6.08 Å². The highest BCUT2D eigenvalue weighted by molar-refractivity contribution is 5.84. The van der Waals surface area contributed by atoms with E-state index in [0.717, 1.165) is 24.8 Å². The second-order valence-corrected chi connectivity index (χ2v) is 5.05. The summed E-state index contributed by atoms with van der Waals surface area (Å²) in [7, 11) is 0. The lowest BCUT2D eigenvalue weighted by molar-refractivity contribution is -0.300. The minimum absolute atomic E-state index is 0.0140. The number of carbonyl (C=O) groups is 1. The molecular weight excluding hydrogens is 228 g/mol. The fourth-order valence-electron chi connectivity index (χ4n) is 2.22. The normalized spacial score (nSPS) is 31.7. The number of aliphatic carboxylic acids is 1. The Labute approximate surface area is 109 Å². The van der Waals surface area contributed by atoms with Crippen LogP contribution in [-0.2, 0) is 4.79 Å². The molecule has 0 aromatic rings. The largest absolute Gasteiger partial charge is 0.545 e. The Balaban J connectivity index is 2.94. The smallest absolute Gasteiger partial charge is 0.0792 e. The van der Waals surface area contributed by atoms with Crippen molar-refractivity contribution in [2.75, 3.05) is 0 Å². The van der Waals surface area contributed by atoms with Gasteiger partial charge in [0.15, 0.2) is 0 Å². The first kappa shape index (κ1) is 14.7. The molecule has 1 N–H and O–H groups in total. The minimum atomic E-state index is -1.27. The molecule has 1 rings (SSSR count). The van der Waals surface area contributed by atoms with Crippen LogP contribution in [0.2, 0.25) is 0 Å². The monoisotopic (exact) mass is 249 g/mol. The summed E-state index contributed by atoms with van der Waals surface area (Å²) in [5.41, 5.74) is 2.29. The first-order valence-electron chi connectivity index (χ1n) is 6.33.